The average Bonchev–Trinajstić information content (AvgIpc) is 3.12. The van der Waals surface area contributed by atoms with E-state index >= 15 is 0 Å². The number of amides is 1. The number of rotatable bonds is 6. The smallest absolute Gasteiger partial charge is 0.276 e. The second kappa shape index (κ2) is 7.98. The van der Waals surface area contributed by atoms with Crippen LogP contribution in [0.3, 0.4) is 0 Å². The first-order chi connectivity index (χ1) is 14.1. The summed E-state index contributed by atoms with van der Waals surface area (Å²) in [7, 11) is 3.11. The number of hydrogen-bond acceptors (Lipinski definition) is 5. The molecule has 0 saturated carbocycles. The summed E-state index contributed by atoms with van der Waals surface area (Å²) in [5, 5.41) is 7.37. The lowest BCUT2D eigenvalue weighted by Crippen LogP contribution is -2.24. The number of anilines is 1. The zero-order valence-electron chi connectivity index (χ0n) is 16.6. The molecular formula is C21H24N4O4. The number of ether oxygens (including phenoxy) is 2. The van der Waals surface area contributed by atoms with Gasteiger partial charge >= 0.3 is 0 Å². The third kappa shape index (κ3) is 3.83. The van der Waals surface area contributed by atoms with Crippen molar-refractivity contribution < 1.29 is 14.3 Å². The third-order valence-electron chi connectivity index (χ3n) is 5.25. The van der Waals surface area contributed by atoms with E-state index < -0.39 is 0 Å². The predicted octanol–water partition coefficient (Wildman–Crippen LogP) is 2.42. The maximum absolute atomic E-state index is 12.9. The SMILES string of the molecule is COc1cc(NC(=O)CCn2ccn3nc4c(c3c2=O)CCCC4)cc(OC)c1. The molecule has 8 nitrogen and oxygen atoms in total. The van der Waals surface area contributed by atoms with Gasteiger partial charge in [-0.3, -0.25) is 9.59 Å². The fourth-order valence-corrected chi connectivity index (χ4v) is 3.76. The number of fused-ring (bicyclic) bond motifs is 3. The number of methoxy groups -OCH3 is 2. The molecule has 29 heavy (non-hydrogen) atoms. The maximum atomic E-state index is 12.9. The van der Waals surface area contributed by atoms with E-state index in [9.17, 15) is 9.59 Å². The summed E-state index contributed by atoms with van der Waals surface area (Å²) in [5.41, 5.74) is 3.21. The van der Waals surface area contributed by atoms with E-state index in [1.807, 2.05) is 0 Å². The Labute approximate surface area is 168 Å². The molecule has 2 heterocycles. The van der Waals surface area contributed by atoms with Gasteiger partial charge in [0.05, 0.1) is 19.9 Å². The molecule has 0 spiro atoms. The second-order valence-corrected chi connectivity index (χ2v) is 7.12. The van der Waals surface area contributed by atoms with Crippen molar-refractivity contribution >= 4 is 17.1 Å². The monoisotopic (exact) mass is 396 g/mol. The Kier molecular flexibility index (Phi) is 5.24. The molecule has 0 bridgehead atoms. The van der Waals surface area contributed by atoms with E-state index in [0.717, 1.165) is 36.9 Å². The van der Waals surface area contributed by atoms with Gasteiger partial charge in [0.1, 0.15) is 17.0 Å². The molecule has 1 aromatic carbocycles. The van der Waals surface area contributed by atoms with Gasteiger partial charge < -0.3 is 19.4 Å². The van der Waals surface area contributed by atoms with Crippen LogP contribution in [0, 0.1) is 0 Å². The topological polar surface area (TPSA) is 86.9 Å². The molecule has 2 aromatic heterocycles. The lowest BCUT2D eigenvalue weighted by molar-refractivity contribution is -0.116. The highest BCUT2D eigenvalue weighted by Crippen LogP contribution is 2.26. The van der Waals surface area contributed by atoms with Crippen molar-refractivity contribution in [1.29, 1.82) is 0 Å². The first-order valence-corrected chi connectivity index (χ1v) is 9.71. The van der Waals surface area contributed by atoms with E-state index in [-0.39, 0.29) is 17.9 Å². The van der Waals surface area contributed by atoms with Crippen molar-refractivity contribution in [2.24, 2.45) is 0 Å². The molecule has 1 N–H and O–H groups in total. The number of benzene rings is 1. The molecule has 8 heteroatoms. The molecule has 0 saturated heterocycles. The molecule has 0 fully saturated rings. The van der Waals surface area contributed by atoms with Gasteiger partial charge in [-0.25, -0.2) is 4.52 Å². The Morgan fingerprint density at radius 3 is 2.55 bits per heavy atom. The molecule has 1 aliphatic carbocycles. The number of aryl methyl sites for hydroxylation is 3. The van der Waals surface area contributed by atoms with Crippen LogP contribution < -0.4 is 20.3 Å². The molecule has 152 valence electrons. The minimum Gasteiger partial charge on any atom is -0.497 e. The molecule has 0 unspecified atom stereocenters. The van der Waals surface area contributed by atoms with Crippen molar-refractivity contribution in [2.75, 3.05) is 19.5 Å². The van der Waals surface area contributed by atoms with E-state index in [4.69, 9.17) is 9.47 Å². The van der Waals surface area contributed by atoms with Crippen LogP contribution in [0.15, 0.2) is 35.4 Å². The van der Waals surface area contributed by atoms with E-state index in [0.29, 0.717) is 29.2 Å². The van der Waals surface area contributed by atoms with Crippen LogP contribution in [0.2, 0.25) is 0 Å². The van der Waals surface area contributed by atoms with Crippen molar-refractivity contribution in [3.8, 4) is 11.5 Å². The minimum absolute atomic E-state index is 0.0981. The van der Waals surface area contributed by atoms with Gasteiger partial charge in [0.25, 0.3) is 5.56 Å². The Bertz CT molecular complexity index is 1090. The van der Waals surface area contributed by atoms with Crippen LogP contribution in [0.25, 0.3) is 5.52 Å². The summed E-state index contributed by atoms with van der Waals surface area (Å²) in [6, 6.07) is 5.17. The van der Waals surface area contributed by atoms with Gasteiger partial charge in [-0.15, -0.1) is 0 Å². The summed E-state index contributed by atoms with van der Waals surface area (Å²) < 4.78 is 13.7. The second-order valence-electron chi connectivity index (χ2n) is 7.12. The number of nitrogens with zero attached hydrogens (tertiary/aromatic N) is 3. The zero-order valence-corrected chi connectivity index (χ0v) is 16.6. The maximum Gasteiger partial charge on any atom is 0.276 e. The summed E-state index contributed by atoms with van der Waals surface area (Å²) >= 11 is 0. The molecule has 0 aliphatic heterocycles. The Morgan fingerprint density at radius 1 is 1.10 bits per heavy atom. The van der Waals surface area contributed by atoms with Crippen LogP contribution in [0.1, 0.15) is 30.5 Å². The number of hydrogen-bond donors (Lipinski definition) is 1. The standard InChI is InChI=1S/C21H24N4O4/c1-28-15-11-14(12-16(13-15)29-2)22-19(26)7-8-24-9-10-25-20(21(24)27)17-5-3-4-6-18(17)23-25/h9-13H,3-8H2,1-2H3,(H,22,26). The summed E-state index contributed by atoms with van der Waals surface area (Å²) in [6.45, 7) is 0.294. The first kappa shape index (κ1) is 19.0. The predicted molar refractivity (Wildman–Crippen MR) is 109 cm³/mol. The molecule has 0 atom stereocenters. The fraction of sp³-hybridized carbons (Fsp3) is 0.381. The summed E-state index contributed by atoms with van der Waals surface area (Å²) in [5.74, 6) is 0.987. The Morgan fingerprint density at radius 2 is 1.83 bits per heavy atom. The third-order valence-corrected chi connectivity index (χ3v) is 5.25. The number of carbonyl (C=O) groups excluding carboxylic acids is 1. The Balaban J connectivity index is 1.49. The van der Waals surface area contributed by atoms with Gasteiger partial charge in [-0.2, -0.15) is 5.10 Å². The number of aromatic nitrogens is 3. The van der Waals surface area contributed by atoms with Gasteiger partial charge in [0.15, 0.2) is 0 Å². The van der Waals surface area contributed by atoms with Crippen LogP contribution in [-0.2, 0) is 24.2 Å². The highest BCUT2D eigenvalue weighted by atomic mass is 16.5. The largest absolute Gasteiger partial charge is 0.497 e. The van der Waals surface area contributed by atoms with Crippen molar-refractivity contribution in [3.63, 3.8) is 0 Å². The lowest BCUT2D eigenvalue weighted by Gasteiger charge is -2.11. The molecule has 1 amide bonds. The van der Waals surface area contributed by atoms with Crippen molar-refractivity contribution in [3.05, 3.63) is 52.2 Å². The minimum atomic E-state index is -0.192. The lowest BCUT2D eigenvalue weighted by atomic mass is 9.97. The van der Waals surface area contributed by atoms with Crippen LogP contribution in [0.5, 0.6) is 11.5 Å². The van der Waals surface area contributed by atoms with Gasteiger partial charge in [0, 0.05) is 54.8 Å². The highest BCUT2D eigenvalue weighted by Gasteiger charge is 2.19. The molecular weight excluding hydrogens is 372 g/mol. The van der Waals surface area contributed by atoms with Crippen LogP contribution >= 0.6 is 0 Å². The van der Waals surface area contributed by atoms with Gasteiger partial charge in [0.2, 0.25) is 5.91 Å². The van der Waals surface area contributed by atoms with Crippen molar-refractivity contribution in [1.82, 2.24) is 14.2 Å². The molecule has 0 radical (unpaired) electrons. The normalized spacial score (nSPS) is 13.2. The quantitative estimate of drug-likeness (QED) is 0.692. The van der Waals surface area contributed by atoms with Gasteiger partial charge in [-0.1, -0.05) is 0 Å². The molecule has 1 aliphatic rings. The van der Waals surface area contributed by atoms with E-state index in [1.54, 1.807) is 53.9 Å². The first-order valence-electron chi connectivity index (χ1n) is 9.71. The average molecular weight is 396 g/mol. The molecule has 4 rings (SSSR count). The summed E-state index contributed by atoms with van der Waals surface area (Å²) in [4.78, 5) is 25.4. The van der Waals surface area contributed by atoms with Crippen LogP contribution in [0.4, 0.5) is 5.69 Å². The van der Waals surface area contributed by atoms with Crippen molar-refractivity contribution in [2.45, 2.75) is 38.6 Å². The number of carbonyl (C=O) groups is 1. The highest BCUT2D eigenvalue weighted by molar-refractivity contribution is 5.91. The Hall–Kier alpha value is -3.29. The molecule has 3 aromatic rings. The summed E-state index contributed by atoms with van der Waals surface area (Å²) in [6.07, 6.45) is 7.65. The van der Waals surface area contributed by atoms with E-state index in [2.05, 4.69) is 10.4 Å². The fourth-order valence-electron chi connectivity index (χ4n) is 3.76. The number of nitrogens with one attached hydrogen (secondary N) is 1. The van der Waals surface area contributed by atoms with Crippen LogP contribution in [-0.4, -0.2) is 34.3 Å². The van der Waals surface area contributed by atoms with Gasteiger partial charge in [-0.05, 0) is 25.7 Å². The zero-order chi connectivity index (χ0) is 20.4. The van der Waals surface area contributed by atoms with E-state index in [1.165, 1.54) is 0 Å².